The maximum atomic E-state index is 10.7. The maximum Gasteiger partial charge on any atom is 0.522 e. The molecule has 5 nitrogen and oxygen atoms in total. The van der Waals surface area contributed by atoms with Crippen molar-refractivity contribution in [3.8, 4) is 0 Å². The van der Waals surface area contributed by atoms with Gasteiger partial charge in [0.1, 0.15) is 6.10 Å². The molecule has 0 aliphatic carbocycles. The van der Waals surface area contributed by atoms with E-state index in [1.54, 1.807) is 11.8 Å². The second-order valence-electron chi connectivity index (χ2n) is 2.66. The Bertz CT molecular complexity index is 351. The Morgan fingerprint density at radius 1 is 1.56 bits per heavy atom. The summed E-state index contributed by atoms with van der Waals surface area (Å²) in [5.41, 5.74) is -5.53. The van der Waals surface area contributed by atoms with Gasteiger partial charge in [-0.05, 0) is 13.2 Å². The quantitative estimate of drug-likeness (QED) is 0.538. The summed E-state index contributed by atoms with van der Waals surface area (Å²) in [6.45, 7) is 2.85. The first-order valence-electron chi connectivity index (χ1n) is 3.86. The van der Waals surface area contributed by atoms with Crippen LogP contribution in [0.3, 0.4) is 0 Å². The molecule has 1 heterocycles. The van der Waals surface area contributed by atoms with Gasteiger partial charge in [0.2, 0.25) is 5.23 Å². The zero-order chi connectivity index (χ0) is 13.0. The molecule has 1 aliphatic rings. The Balaban J connectivity index is 0.000000281. The highest BCUT2D eigenvalue weighted by Crippen LogP contribution is 2.20. The number of rotatable bonds is 0. The lowest BCUT2D eigenvalue weighted by molar-refractivity contribution is -0.0510. The topological polar surface area (TPSA) is 76.0 Å². The number of hydrogen-bond donors (Lipinski definition) is 1. The second-order valence-corrected chi connectivity index (χ2v) is 4.83. The standard InChI is InChI=1S/C5H9NOS.CHF3O3S/c1-4-3-6-5(7-4)8-2;2-1(3,4)8(5,6)7/h4H,3H2,1-2H3;(H,5,6,7)/t4-;/m0./s1. The van der Waals surface area contributed by atoms with Gasteiger partial charge in [0.05, 0.1) is 6.54 Å². The van der Waals surface area contributed by atoms with E-state index in [0.29, 0.717) is 6.10 Å². The van der Waals surface area contributed by atoms with E-state index in [-0.39, 0.29) is 0 Å². The van der Waals surface area contributed by atoms with E-state index in [1.165, 1.54) is 0 Å². The average molecular weight is 281 g/mol. The molecular weight excluding hydrogens is 271 g/mol. The molecule has 0 aromatic carbocycles. The van der Waals surface area contributed by atoms with E-state index in [2.05, 4.69) is 4.99 Å². The fourth-order valence-corrected chi connectivity index (χ4v) is 1.03. The van der Waals surface area contributed by atoms with Crippen LogP contribution >= 0.6 is 11.8 Å². The van der Waals surface area contributed by atoms with Crippen molar-refractivity contribution in [3.63, 3.8) is 0 Å². The van der Waals surface area contributed by atoms with Gasteiger partial charge in [0.25, 0.3) is 0 Å². The van der Waals surface area contributed by atoms with Gasteiger partial charge < -0.3 is 4.74 Å². The zero-order valence-corrected chi connectivity index (χ0v) is 9.99. The van der Waals surface area contributed by atoms with E-state index < -0.39 is 15.6 Å². The van der Waals surface area contributed by atoms with Crippen LogP contribution in [0, 0.1) is 0 Å². The van der Waals surface area contributed by atoms with E-state index in [9.17, 15) is 13.2 Å². The Morgan fingerprint density at radius 2 is 2.00 bits per heavy atom. The molecule has 10 heteroatoms. The molecule has 0 saturated carbocycles. The van der Waals surface area contributed by atoms with Gasteiger partial charge in [0.15, 0.2) is 0 Å². The van der Waals surface area contributed by atoms with Gasteiger partial charge in [-0.15, -0.1) is 0 Å². The highest BCUT2D eigenvalue weighted by molar-refractivity contribution is 8.12. The number of thioether (sulfide) groups is 1. The van der Waals surface area contributed by atoms with Crippen LogP contribution in [0.2, 0.25) is 0 Å². The molecular formula is C6H10F3NO4S2. The number of hydrogen-bond acceptors (Lipinski definition) is 5. The lowest BCUT2D eigenvalue weighted by Gasteiger charge is -2.00. The van der Waals surface area contributed by atoms with Crippen LogP contribution in [-0.4, -0.2) is 42.6 Å². The molecule has 96 valence electrons. The van der Waals surface area contributed by atoms with Gasteiger partial charge in [-0.3, -0.25) is 4.55 Å². The molecule has 0 aromatic heterocycles. The molecule has 0 unspecified atom stereocenters. The lowest BCUT2D eigenvalue weighted by atomic mass is 10.4. The van der Waals surface area contributed by atoms with E-state index in [4.69, 9.17) is 17.7 Å². The minimum atomic E-state index is -5.84. The van der Waals surface area contributed by atoms with Crippen molar-refractivity contribution in [2.75, 3.05) is 12.8 Å². The molecule has 1 rings (SSSR count). The van der Waals surface area contributed by atoms with E-state index in [1.807, 2.05) is 13.2 Å². The van der Waals surface area contributed by atoms with Crippen molar-refractivity contribution in [3.05, 3.63) is 0 Å². The summed E-state index contributed by atoms with van der Waals surface area (Å²) in [6, 6.07) is 0. The van der Waals surface area contributed by atoms with Crippen molar-refractivity contribution >= 4 is 27.1 Å². The van der Waals surface area contributed by atoms with Crippen LogP contribution in [0.1, 0.15) is 6.92 Å². The first-order valence-corrected chi connectivity index (χ1v) is 6.53. The van der Waals surface area contributed by atoms with Crippen LogP contribution in [0.15, 0.2) is 4.99 Å². The third-order valence-electron chi connectivity index (χ3n) is 1.25. The normalized spacial score (nSPS) is 20.6. The van der Waals surface area contributed by atoms with Crippen LogP contribution in [0.5, 0.6) is 0 Å². The second kappa shape index (κ2) is 5.73. The van der Waals surface area contributed by atoms with E-state index >= 15 is 0 Å². The molecule has 16 heavy (non-hydrogen) atoms. The molecule has 0 fully saturated rings. The minimum absolute atomic E-state index is 0.303. The molecule has 0 aromatic rings. The summed E-state index contributed by atoms with van der Waals surface area (Å²) in [6.07, 6.45) is 2.27. The fraction of sp³-hybridized carbons (Fsp3) is 0.833. The van der Waals surface area contributed by atoms with Crippen molar-refractivity contribution in [2.45, 2.75) is 18.5 Å². The van der Waals surface area contributed by atoms with Crippen LogP contribution in [-0.2, 0) is 14.9 Å². The summed E-state index contributed by atoms with van der Waals surface area (Å²) >= 11 is 1.56. The minimum Gasteiger partial charge on any atom is -0.468 e. The number of halogens is 3. The molecule has 0 saturated heterocycles. The van der Waals surface area contributed by atoms with Crippen LogP contribution in [0.25, 0.3) is 0 Å². The van der Waals surface area contributed by atoms with Crippen LogP contribution in [0.4, 0.5) is 13.2 Å². The third-order valence-corrected chi connectivity index (χ3v) is 2.41. The van der Waals surface area contributed by atoms with Crippen molar-refractivity contribution in [1.82, 2.24) is 0 Å². The summed E-state index contributed by atoms with van der Waals surface area (Å²) < 4.78 is 62.8. The molecule has 1 atom stereocenters. The fourth-order valence-electron chi connectivity index (χ4n) is 0.562. The van der Waals surface area contributed by atoms with Gasteiger partial charge in [-0.1, -0.05) is 11.8 Å². The van der Waals surface area contributed by atoms with Gasteiger partial charge in [0, 0.05) is 0 Å². The smallest absolute Gasteiger partial charge is 0.468 e. The van der Waals surface area contributed by atoms with Gasteiger partial charge in [-0.25, -0.2) is 4.99 Å². The number of ether oxygens (including phenoxy) is 1. The summed E-state index contributed by atoms with van der Waals surface area (Å²) in [7, 11) is -5.84. The monoisotopic (exact) mass is 281 g/mol. The number of nitrogens with zero attached hydrogens (tertiary/aromatic N) is 1. The lowest BCUT2D eigenvalue weighted by Crippen LogP contribution is -2.21. The molecule has 0 radical (unpaired) electrons. The van der Waals surface area contributed by atoms with E-state index in [0.717, 1.165) is 11.8 Å². The van der Waals surface area contributed by atoms with Crippen molar-refractivity contribution in [2.24, 2.45) is 4.99 Å². The number of alkyl halides is 3. The first-order chi connectivity index (χ1) is 7.08. The summed E-state index contributed by atoms with van der Waals surface area (Å²) in [5, 5.41) is 0.831. The molecule has 1 N–H and O–H groups in total. The Morgan fingerprint density at radius 3 is 2.12 bits per heavy atom. The largest absolute Gasteiger partial charge is 0.522 e. The molecule has 1 aliphatic heterocycles. The Kier molecular flexibility index (Phi) is 5.56. The number of aliphatic imine (C=N–C) groups is 1. The predicted molar refractivity (Wildman–Crippen MR) is 54.0 cm³/mol. The third kappa shape index (κ3) is 5.56. The highest BCUT2D eigenvalue weighted by Gasteiger charge is 2.44. The highest BCUT2D eigenvalue weighted by atomic mass is 32.2. The Labute approximate surface area is 94.8 Å². The summed E-state index contributed by atoms with van der Waals surface area (Å²) in [5.74, 6) is 0. The van der Waals surface area contributed by atoms with Gasteiger partial charge >= 0.3 is 15.6 Å². The SMILES string of the molecule is CSC1=NC[C@H](C)O1.O=S(=O)(O)C(F)(F)F. The van der Waals surface area contributed by atoms with Crippen molar-refractivity contribution in [1.29, 1.82) is 0 Å². The Hall–Kier alpha value is -0.480. The molecule has 0 amide bonds. The summed E-state index contributed by atoms with van der Waals surface area (Å²) in [4.78, 5) is 4.09. The van der Waals surface area contributed by atoms with Gasteiger partial charge in [-0.2, -0.15) is 21.6 Å². The average Bonchev–Trinajstić information content (AvgIpc) is 2.48. The molecule has 0 bridgehead atoms. The maximum absolute atomic E-state index is 10.7. The molecule has 0 spiro atoms. The first kappa shape index (κ1) is 15.5. The predicted octanol–water partition coefficient (Wildman–Crippen LogP) is 1.52. The van der Waals surface area contributed by atoms with Crippen molar-refractivity contribution < 1.29 is 30.9 Å². The van der Waals surface area contributed by atoms with Crippen LogP contribution < -0.4 is 0 Å². The zero-order valence-electron chi connectivity index (χ0n) is 8.35.